The molecule has 7 heteroatoms. The maximum Gasteiger partial charge on any atom is 1.00 e. The molecular formula is C30H23N2NaO4. The molecule has 0 aliphatic heterocycles. The third-order valence-corrected chi connectivity index (χ3v) is 6.75. The van der Waals surface area contributed by atoms with Gasteiger partial charge < -0.3 is 23.5 Å². The molecule has 0 bridgehead atoms. The maximum absolute atomic E-state index is 12.4. The summed E-state index contributed by atoms with van der Waals surface area (Å²) in [4.78, 5) is 17.2. The number of aryl methyl sites for hydroxylation is 2. The molecule has 6 rings (SSSR count). The van der Waals surface area contributed by atoms with Crippen LogP contribution < -0.4 is 39.4 Å². The zero-order valence-corrected chi connectivity index (χ0v) is 23.1. The summed E-state index contributed by atoms with van der Waals surface area (Å²) in [5.41, 5.74) is 5.50. The van der Waals surface area contributed by atoms with Crippen LogP contribution in [0.4, 0.5) is 0 Å². The number of carboxylic acid groups (broad SMARTS) is 1. The number of carbonyl (C=O) groups is 1. The van der Waals surface area contributed by atoms with Gasteiger partial charge in [-0.1, -0.05) is 24.3 Å². The Morgan fingerprint density at radius 1 is 1.03 bits per heavy atom. The van der Waals surface area contributed by atoms with Crippen molar-refractivity contribution in [2.45, 2.75) is 26.9 Å². The van der Waals surface area contributed by atoms with Crippen LogP contribution >= 0.6 is 0 Å². The average molecular weight is 499 g/mol. The molecule has 178 valence electrons. The number of nitrogens with zero attached hydrogens (tertiary/aromatic N) is 2. The van der Waals surface area contributed by atoms with E-state index in [0.29, 0.717) is 28.1 Å². The molecule has 37 heavy (non-hydrogen) atoms. The predicted octanol–water partition coefficient (Wildman–Crippen LogP) is 3.03. The van der Waals surface area contributed by atoms with Crippen molar-refractivity contribution < 1.29 is 48.6 Å². The minimum atomic E-state index is -1.30. The monoisotopic (exact) mass is 498 g/mol. The van der Waals surface area contributed by atoms with Gasteiger partial charge in [0, 0.05) is 34.4 Å². The molecule has 0 amide bonds. The molecule has 2 aromatic carbocycles. The summed E-state index contributed by atoms with van der Waals surface area (Å²) in [5.74, 6) is -0.312. The fourth-order valence-electron chi connectivity index (χ4n) is 4.80. The third kappa shape index (κ3) is 4.31. The van der Waals surface area contributed by atoms with E-state index >= 15 is 0 Å². The van der Waals surface area contributed by atoms with Gasteiger partial charge in [-0.2, -0.15) is 0 Å². The number of fused-ring (bicyclic) bond motifs is 3. The fourth-order valence-corrected chi connectivity index (χ4v) is 4.80. The van der Waals surface area contributed by atoms with Crippen LogP contribution in [0.15, 0.2) is 83.5 Å². The molecule has 1 unspecified atom stereocenters. The zero-order valence-electron chi connectivity index (χ0n) is 21.1. The molecule has 0 radical (unpaired) electrons. The van der Waals surface area contributed by atoms with Crippen LogP contribution in [0.1, 0.15) is 40.1 Å². The van der Waals surface area contributed by atoms with Crippen molar-refractivity contribution in [1.29, 1.82) is 0 Å². The predicted molar refractivity (Wildman–Crippen MR) is 137 cm³/mol. The number of aromatic carboxylic acids is 1. The van der Waals surface area contributed by atoms with Crippen LogP contribution in [0, 0.1) is 13.8 Å². The summed E-state index contributed by atoms with van der Waals surface area (Å²) in [6.45, 7) is 5.79. The van der Waals surface area contributed by atoms with Gasteiger partial charge in [0.15, 0.2) is 5.76 Å². The Morgan fingerprint density at radius 2 is 1.84 bits per heavy atom. The molecule has 0 saturated carbocycles. The number of carbonyl (C=O) groups excluding carboxylic acids is 1. The van der Waals surface area contributed by atoms with Crippen molar-refractivity contribution in [3.8, 4) is 17.2 Å². The van der Waals surface area contributed by atoms with Gasteiger partial charge in [0.25, 0.3) is 0 Å². The quantitative estimate of drug-likeness (QED) is 0.342. The van der Waals surface area contributed by atoms with Crippen LogP contribution in [-0.4, -0.2) is 15.4 Å². The topological polar surface area (TPSA) is 79.8 Å². The third-order valence-electron chi connectivity index (χ3n) is 6.75. The van der Waals surface area contributed by atoms with Crippen molar-refractivity contribution in [3.05, 3.63) is 101 Å². The summed E-state index contributed by atoms with van der Waals surface area (Å²) in [6, 6.07) is 21.0. The Hall–Kier alpha value is -3.58. The van der Waals surface area contributed by atoms with Crippen molar-refractivity contribution in [1.82, 2.24) is 9.38 Å². The number of furan rings is 1. The normalized spacial score (nSPS) is 12.1. The zero-order chi connectivity index (χ0) is 25.0. The van der Waals surface area contributed by atoms with E-state index in [1.807, 2.05) is 86.1 Å². The van der Waals surface area contributed by atoms with Gasteiger partial charge >= 0.3 is 29.6 Å². The summed E-state index contributed by atoms with van der Waals surface area (Å²) < 4.78 is 14.4. The van der Waals surface area contributed by atoms with Crippen LogP contribution in [0.2, 0.25) is 0 Å². The summed E-state index contributed by atoms with van der Waals surface area (Å²) in [5, 5.41) is 13.7. The smallest absolute Gasteiger partial charge is 0.545 e. The molecule has 0 N–H and O–H groups in total. The minimum absolute atomic E-state index is 0. The van der Waals surface area contributed by atoms with Crippen LogP contribution in [0.25, 0.3) is 38.8 Å². The van der Waals surface area contributed by atoms with Gasteiger partial charge in [-0.05, 0) is 74.4 Å². The number of carboxylic acids is 1. The Labute approximate surface area is 235 Å². The summed E-state index contributed by atoms with van der Waals surface area (Å²) >= 11 is 0. The number of para-hydroxylation sites is 1. The van der Waals surface area contributed by atoms with E-state index in [4.69, 9.17) is 14.1 Å². The van der Waals surface area contributed by atoms with Crippen LogP contribution in [0.3, 0.4) is 0 Å². The van der Waals surface area contributed by atoms with Crippen molar-refractivity contribution >= 4 is 33.4 Å². The van der Waals surface area contributed by atoms with E-state index in [-0.39, 0.29) is 41.2 Å². The molecule has 6 aromatic rings. The number of hydrogen-bond acceptors (Lipinski definition) is 5. The largest absolute Gasteiger partial charge is 1.00 e. The standard InChI is InChI=1S/C30H24N2O4.Na/c1-17-10-11-26(35-19(3)20-12-14-32-13-6-7-21(32)15-20)27-23(30(33)34)16-24(31-28(17)27)29-18(2)22-8-4-5-9-25(22)36-29;/h4-16,19H,1-3H3,(H,33,34);/q;+1/p-1. The van der Waals surface area contributed by atoms with E-state index in [9.17, 15) is 9.90 Å². The number of ether oxygens (including phenoxy) is 1. The Balaban J connectivity index is 0.00000280. The first-order valence-corrected chi connectivity index (χ1v) is 11.8. The fraction of sp³-hybridized carbons (Fsp3) is 0.133. The number of benzene rings is 2. The van der Waals surface area contributed by atoms with Gasteiger partial charge in [-0.15, -0.1) is 0 Å². The van der Waals surface area contributed by atoms with Gasteiger partial charge in [-0.3, -0.25) is 0 Å². The Kier molecular flexibility index (Phi) is 6.58. The van der Waals surface area contributed by atoms with Crippen molar-refractivity contribution in [2.75, 3.05) is 0 Å². The number of rotatable bonds is 5. The molecule has 1 atom stereocenters. The van der Waals surface area contributed by atoms with Gasteiger partial charge in [0.2, 0.25) is 0 Å². The molecule has 4 heterocycles. The Bertz CT molecular complexity index is 1800. The Morgan fingerprint density at radius 3 is 2.62 bits per heavy atom. The number of hydrogen-bond donors (Lipinski definition) is 0. The van der Waals surface area contributed by atoms with E-state index in [1.54, 1.807) is 6.07 Å². The van der Waals surface area contributed by atoms with E-state index in [2.05, 4.69) is 6.07 Å². The maximum atomic E-state index is 12.4. The summed E-state index contributed by atoms with van der Waals surface area (Å²) in [6.07, 6.45) is 3.65. The number of aromatic nitrogens is 2. The molecule has 6 nitrogen and oxygen atoms in total. The molecule has 0 spiro atoms. The van der Waals surface area contributed by atoms with E-state index < -0.39 is 5.97 Å². The van der Waals surface area contributed by atoms with Crippen LogP contribution in [0.5, 0.6) is 5.75 Å². The molecule has 0 aliphatic rings. The van der Waals surface area contributed by atoms with Crippen molar-refractivity contribution in [2.24, 2.45) is 0 Å². The first-order valence-electron chi connectivity index (χ1n) is 11.8. The second kappa shape index (κ2) is 9.71. The number of pyridine rings is 2. The molecule has 4 aromatic heterocycles. The first-order chi connectivity index (χ1) is 17.4. The van der Waals surface area contributed by atoms with Gasteiger partial charge in [0.1, 0.15) is 23.1 Å². The second-order valence-corrected chi connectivity index (χ2v) is 9.06. The average Bonchev–Trinajstić information content (AvgIpc) is 3.49. The van der Waals surface area contributed by atoms with E-state index in [1.165, 1.54) is 6.07 Å². The van der Waals surface area contributed by atoms with Gasteiger partial charge in [-0.25, -0.2) is 4.98 Å². The summed E-state index contributed by atoms with van der Waals surface area (Å²) in [7, 11) is 0. The molecule has 0 fully saturated rings. The van der Waals surface area contributed by atoms with Crippen LogP contribution in [-0.2, 0) is 0 Å². The molecular weight excluding hydrogens is 475 g/mol. The second-order valence-electron chi connectivity index (χ2n) is 9.06. The van der Waals surface area contributed by atoms with Crippen molar-refractivity contribution in [3.63, 3.8) is 0 Å². The SMILES string of the molecule is Cc1c(-c2cc(C(=O)[O-])c3c(OC(C)c4ccn5cccc5c4)ccc(C)c3n2)oc2ccccc12.[Na+]. The molecule has 0 aliphatic carbocycles. The first kappa shape index (κ1) is 25.1. The van der Waals surface area contributed by atoms with Gasteiger partial charge in [0.05, 0.1) is 16.9 Å². The minimum Gasteiger partial charge on any atom is -0.545 e. The molecule has 0 saturated heterocycles. The van der Waals surface area contributed by atoms with E-state index in [0.717, 1.165) is 33.2 Å².